The molecule has 0 saturated heterocycles. The minimum atomic E-state index is -2.83. The number of carbonyl (C=O) groups excluding carboxylic acids is 2. The van der Waals surface area contributed by atoms with E-state index in [0.29, 0.717) is 30.3 Å². The van der Waals surface area contributed by atoms with E-state index in [1.807, 2.05) is 0 Å². The number of nitrogens with two attached hydrogens (primary N) is 2. The van der Waals surface area contributed by atoms with Crippen molar-refractivity contribution in [1.82, 2.24) is 30.0 Å². The number of esters is 1. The fraction of sp³-hybridized carbons (Fsp3) is 0.368. The van der Waals surface area contributed by atoms with Gasteiger partial charge in [-0.1, -0.05) is 24.6 Å². The second kappa shape index (κ2) is 19.6. The predicted molar refractivity (Wildman–Crippen MR) is 199 cm³/mol. The second-order valence-corrected chi connectivity index (χ2v) is 12.6. The highest BCUT2D eigenvalue weighted by atomic mass is 19.3. The van der Waals surface area contributed by atoms with Gasteiger partial charge in [0.05, 0.1) is 44.1 Å². The maximum absolute atomic E-state index is 15.1. The zero-order valence-corrected chi connectivity index (χ0v) is 30.8. The normalized spacial score (nSPS) is 12.4. The maximum atomic E-state index is 15.1. The molecule has 0 radical (unpaired) electrons. The molecular weight excluding hydrogens is 738 g/mol. The quantitative estimate of drug-likeness (QED) is 0.0437. The van der Waals surface area contributed by atoms with Crippen molar-refractivity contribution in [3.63, 3.8) is 0 Å². The number of halogens is 4. The number of para-hydroxylation sites is 1. The summed E-state index contributed by atoms with van der Waals surface area (Å²) in [5.74, 6) is -2.36. The molecule has 5 rings (SSSR count). The van der Waals surface area contributed by atoms with Crippen LogP contribution in [0.5, 0.6) is 11.5 Å². The van der Waals surface area contributed by atoms with E-state index in [4.69, 9.17) is 25.7 Å². The van der Waals surface area contributed by atoms with Gasteiger partial charge in [0.15, 0.2) is 17.4 Å². The van der Waals surface area contributed by atoms with Gasteiger partial charge in [-0.15, -0.1) is 0 Å². The summed E-state index contributed by atoms with van der Waals surface area (Å²) in [6.45, 7) is 3.64. The lowest BCUT2D eigenvalue weighted by Crippen LogP contribution is -2.47. The molecule has 0 saturated carbocycles. The van der Waals surface area contributed by atoms with Crippen molar-refractivity contribution in [2.45, 2.75) is 64.6 Å². The Morgan fingerprint density at radius 2 is 1.75 bits per heavy atom. The number of pyridine rings is 1. The van der Waals surface area contributed by atoms with Crippen LogP contribution in [0.2, 0.25) is 0 Å². The first kappa shape index (κ1) is 41.3. The van der Waals surface area contributed by atoms with E-state index in [0.717, 1.165) is 24.6 Å². The van der Waals surface area contributed by atoms with Crippen LogP contribution < -0.4 is 31.6 Å². The second-order valence-electron chi connectivity index (χ2n) is 12.6. The number of ether oxygens (including phenoxy) is 3. The maximum Gasteiger partial charge on any atom is 0.328 e. The SMILES string of the molecule is CCOc1cc(F)c(Cn2nc(-c3ncc(OCCCOC(=O)[C@H](C)NC(=O)[C@@H](N)CCCCN)c(Nc4ccnc(C(F)F)c4)n3)c3ccccc32)c(F)c1. The molecule has 14 nitrogen and oxygen atoms in total. The molecule has 0 bridgehead atoms. The summed E-state index contributed by atoms with van der Waals surface area (Å²) in [7, 11) is 0. The van der Waals surface area contributed by atoms with Gasteiger partial charge in [-0.3, -0.25) is 14.5 Å². The molecule has 3 heterocycles. The largest absolute Gasteiger partial charge is 0.494 e. The van der Waals surface area contributed by atoms with Gasteiger partial charge < -0.3 is 36.3 Å². The fourth-order valence-electron chi connectivity index (χ4n) is 5.56. The third-order valence-corrected chi connectivity index (χ3v) is 8.43. The van der Waals surface area contributed by atoms with Crippen LogP contribution in [0.25, 0.3) is 22.4 Å². The summed E-state index contributed by atoms with van der Waals surface area (Å²) >= 11 is 0. The van der Waals surface area contributed by atoms with E-state index in [2.05, 4.69) is 30.7 Å². The van der Waals surface area contributed by atoms with Crippen LogP contribution in [0.3, 0.4) is 0 Å². The first-order chi connectivity index (χ1) is 27.0. The smallest absolute Gasteiger partial charge is 0.328 e. The summed E-state index contributed by atoms with van der Waals surface area (Å²) in [6, 6.07) is 10.1. The average molecular weight is 782 g/mol. The van der Waals surface area contributed by atoms with Gasteiger partial charge >= 0.3 is 5.97 Å². The minimum absolute atomic E-state index is 0.0207. The Morgan fingerprint density at radius 3 is 2.48 bits per heavy atom. The van der Waals surface area contributed by atoms with Gasteiger partial charge in [-0.05, 0) is 51.4 Å². The van der Waals surface area contributed by atoms with Gasteiger partial charge in [0, 0.05) is 41.4 Å². The zero-order chi connectivity index (χ0) is 40.2. The number of nitrogens with one attached hydrogen (secondary N) is 2. The van der Waals surface area contributed by atoms with Crippen LogP contribution >= 0.6 is 0 Å². The molecule has 3 aromatic heterocycles. The van der Waals surface area contributed by atoms with E-state index < -0.39 is 47.7 Å². The molecule has 5 aromatic rings. The Kier molecular flexibility index (Phi) is 14.5. The number of unbranched alkanes of at least 4 members (excludes halogenated alkanes) is 1. The Bertz CT molecular complexity index is 2100. The first-order valence-electron chi connectivity index (χ1n) is 18.0. The fourth-order valence-corrected chi connectivity index (χ4v) is 5.56. The molecule has 2 atom stereocenters. The van der Waals surface area contributed by atoms with Crippen molar-refractivity contribution in [3.8, 4) is 23.0 Å². The van der Waals surface area contributed by atoms with E-state index in [-0.39, 0.29) is 72.9 Å². The van der Waals surface area contributed by atoms with Crippen LogP contribution in [0, 0.1) is 11.6 Å². The molecule has 18 heteroatoms. The molecule has 0 fully saturated rings. The Labute approximate surface area is 319 Å². The summed E-state index contributed by atoms with van der Waals surface area (Å²) in [5, 5.41) is 10.7. The number of aromatic nitrogens is 5. The minimum Gasteiger partial charge on any atom is -0.494 e. The molecular formula is C38H43F4N9O5. The number of nitrogens with zero attached hydrogens (tertiary/aromatic N) is 5. The van der Waals surface area contributed by atoms with Crippen molar-refractivity contribution in [2.75, 3.05) is 31.7 Å². The lowest BCUT2D eigenvalue weighted by molar-refractivity contribution is -0.147. The lowest BCUT2D eigenvalue weighted by Gasteiger charge is -2.17. The number of amides is 1. The van der Waals surface area contributed by atoms with Crippen LogP contribution in [0.15, 0.2) is 60.9 Å². The van der Waals surface area contributed by atoms with E-state index >= 15 is 8.78 Å². The third kappa shape index (κ3) is 10.7. The van der Waals surface area contributed by atoms with Crippen molar-refractivity contribution >= 4 is 34.3 Å². The van der Waals surface area contributed by atoms with Crippen molar-refractivity contribution in [3.05, 3.63) is 83.8 Å². The summed E-state index contributed by atoms with van der Waals surface area (Å²) in [5.41, 5.74) is 11.7. The lowest BCUT2D eigenvalue weighted by atomic mass is 10.1. The number of anilines is 2. The van der Waals surface area contributed by atoms with Crippen LogP contribution in [-0.4, -0.2) is 75.1 Å². The van der Waals surface area contributed by atoms with E-state index in [9.17, 15) is 18.4 Å². The van der Waals surface area contributed by atoms with Gasteiger partial charge in [-0.2, -0.15) is 5.10 Å². The number of hydrogen-bond acceptors (Lipinski definition) is 12. The van der Waals surface area contributed by atoms with Gasteiger partial charge in [0.25, 0.3) is 6.43 Å². The monoisotopic (exact) mass is 781 g/mol. The van der Waals surface area contributed by atoms with Crippen LogP contribution in [0.4, 0.5) is 29.1 Å². The van der Waals surface area contributed by atoms with Gasteiger partial charge in [0.1, 0.15) is 34.8 Å². The van der Waals surface area contributed by atoms with Gasteiger partial charge in [-0.25, -0.2) is 32.3 Å². The number of alkyl halides is 2. The number of hydrogen-bond donors (Lipinski definition) is 4. The standard InChI is InChI=1S/C38H43F4N9O5/c1-3-54-24-18-27(39)26(28(40)19-24)21-51-31-11-5-4-9-25(31)33(50-51)36-46-20-32(35(49-36)48-23-12-14-45-30(17-23)34(41)42)55-15-8-16-56-38(53)22(2)47-37(52)29(44)10-6-7-13-43/h4-5,9,11-12,14,17-20,22,29,34H,3,6-8,10,13,15-16,21,43-44H2,1-2H3,(H,47,52)(H,45,46,48,49)/t22-,29-/m0/s1. The highest BCUT2D eigenvalue weighted by Crippen LogP contribution is 2.32. The molecule has 2 aromatic carbocycles. The Balaban J connectivity index is 1.33. The summed E-state index contributed by atoms with van der Waals surface area (Å²) < 4.78 is 75.0. The van der Waals surface area contributed by atoms with Crippen LogP contribution in [0.1, 0.15) is 57.2 Å². The third-order valence-electron chi connectivity index (χ3n) is 8.43. The molecule has 0 spiro atoms. The number of fused-ring (bicyclic) bond motifs is 1. The molecule has 1 amide bonds. The molecule has 0 unspecified atom stereocenters. The Hall–Kier alpha value is -5.88. The van der Waals surface area contributed by atoms with Crippen molar-refractivity contribution in [1.29, 1.82) is 0 Å². The van der Waals surface area contributed by atoms with Gasteiger partial charge in [0.2, 0.25) is 5.91 Å². The molecule has 0 aliphatic rings. The highest BCUT2D eigenvalue weighted by Gasteiger charge is 2.22. The average Bonchev–Trinajstić information content (AvgIpc) is 3.55. The molecule has 0 aliphatic heterocycles. The topological polar surface area (TPSA) is 194 Å². The molecule has 56 heavy (non-hydrogen) atoms. The predicted octanol–water partition coefficient (Wildman–Crippen LogP) is 5.57. The molecule has 6 N–H and O–H groups in total. The highest BCUT2D eigenvalue weighted by molar-refractivity contribution is 5.92. The van der Waals surface area contributed by atoms with Crippen LogP contribution in [-0.2, 0) is 20.9 Å². The Morgan fingerprint density at radius 1 is 0.982 bits per heavy atom. The van der Waals surface area contributed by atoms with E-state index in [1.54, 1.807) is 31.2 Å². The van der Waals surface area contributed by atoms with Crippen molar-refractivity contribution < 1.29 is 41.4 Å². The molecule has 298 valence electrons. The first-order valence-corrected chi connectivity index (χ1v) is 18.0. The molecule has 0 aliphatic carbocycles. The number of rotatable bonds is 20. The summed E-state index contributed by atoms with van der Waals surface area (Å²) in [4.78, 5) is 37.6. The number of benzene rings is 2. The van der Waals surface area contributed by atoms with Crippen molar-refractivity contribution in [2.24, 2.45) is 11.5 Å². The zero-order valence-electron chi connectivity index (χ0n) is 30.8. The number of carbonyl (C=O) groups is 2. The van der Waals surface area contributed by atoms with E-state index in [1.165, 1.54) is 30.1 Å². The summed E-state index contributed by atoms with van der Waals surface area (Å²) in [6.07, 6.45) is 1.83.